The number of hydrogen-bond acceptors (Lipinski definition) is 3. The lowest BCUT2D eigenvalue weighted by Gasteiger charge is -2.09. The molecule has 2 heterocycles. The molecule has 0 bridgehead atoms. The summed E-state index contributed by atoms with van der Waals surface area (Å²) in [6.07, 6.45) is 4.05. The van der Waals surface area contributed by atoms with Crippen molar-refractivity contribution < 1.29 is 9.53 Å². The number of amides is 1. The van der Waals surface area contributed by atoms with E-state index in [0.717, 1.165) is 33.5 Å². The second-order valence-corrected chi connectivity index (χ2v) is 5.63. The number of benzene rings is 1. The summed E-state index contributed by atoms with van der Waals surface area (Å²) in [5, 5.41) is 0.980. The van der Waals surface area contributed by atoms with Gasteiger partial charge in [-0.1, -0.05) is 12.1 Å². The van der Waals surface area contributed by atoms with E-state index in [9.17, 15) is 4.79 Å². The highest BCUT2D eigenvalue weighted by Crippen LogP contribution is 2.26. The summed E-state index contributed by atoms with van der Waals surface area (Å²) < 4.78 is 5.19. The second kappa shape index (κ2) is 6.12. The number of likely N-dealkylation sites (N-methyl/N-ethyl adjacent to an activating group) is 1. The van der Waals surface area contributed by atoms with Gasteiger partial charge in [-0.25, -0.2) is 4.98 Å². The molecular weight excluding hydrogens is 290 g/mol. The van der Waals surface area contributed by atoms with Crippen LogP contribution < -0.4 is 4.74 Å². The van der Waals surface area contributed by atoms with E-state index < -0.39 is 0 Å². The number of aromatic amines is 1. The van der Waals surface area contributed by atoms with E-state index in [0.29, 0.717) is 6.42 Å². The molecule has 0 unspecified atom stereocenters. The van der Waals surface area contributed by atoms with Crippen LogP contribution in [0.4, 0.5) is 0 Å². The van der Waals surface area contributed by atoms with Gasteiger partial charge in [-0.15, -0.1) is 0 Å². The summed E-state index contributed by atoms with van der Waals surface area (Å²) in [7, 11) is 5.17. The van der Waals surface area contributed by atoms with Crippen LogP contribution in [0.2, 0.25) is 0 Å². The highest BCUT2D eigenvalue weighted by molar-refractivity contribution is 5.89. The van der Waals surface area contributed by atoms with Crippen LogP contribution in [0.1, 0.15) is 5.56 Å². The molecule has 3 rings (SSSR count). The van der Waals surface area contributed by atoms with Crippen molar-refractivity contribution in [3.8, 4) is 16.9 Å². The quantitative estimate of drug-likeness (QED) is 0.806. The first-order valence-corrected chi connectivity index (χ1v) is 7.39. The number of carbonyl (C=O) groups is 1. The first-order chi connectivity index (χ1) is 11.1. The van der Waals surface area contributed by atoms with E-state index in [1.54, 1.807) is 26.1 Å². The van der Waals surface area contributed by atoms with Crippen molar-refractivity contribution in [1.82, 2.24) is 14.9 Å². The molecule has 118 valence electrons. The van der Waals surface area contributed by atoms with Gasteiger partial charge in [-0.3, -0.25) is 4.79 Å². The Morgan fingerprint density at radius 2 is 1.96 bits per heavy atom. The Hall–Kier alpha value is -2.82. The molecule has 1 amide bonds. The molecule has 0 aliphatic rings. The van der Waals surface area contributed by atoms with Crippen molar-refractivity contribution in [3.63, 3.8) is 0 Å². The number of methoxy groups -OCH3 is 1. The van der Waals surface area contributed by atoms with Gasteiger partial charge >= 0.3 is 0 Å². The van der Waals surface area contributed by atoms with Crippen molar-refractivity contribution in [2.24, 2.45) is 0 Å². The highest BCUT2D eigenvalue weighted by atomic mass is 16.5. The van der Waals surface area contributed by atoms with Crippen molar-refractivity contribution in [2.75, 3.05) is 21.2 Å². The molecule has 5 heteroatoms. The minimum absolute atomic E-state index is 0.0701. The number of carbonyl (C=O) groups excluding carboxylic acids is 1. The van der Waals surface area contributed by atoms with Gasteiger partial charge in [0.2, 0.25) is 5.91 Å². The molecule has 23 heavy (non-hydrogen) atoms. The van der Waals surface area contributed by atoms with Gasteiger partial charge in [0.05, 0.1) is 13.5 Å². The van der Waals surface area contributed by atoms with Gasteiger partial charge in [0.1, 0.15) is 11.4 Å². The molecule has 0 atom stereocenters. The maximum absolute atomic E-state index is 12.0. The molecule has 0 saturated carbocycles. The van der Waals surface area contributed by atoms with Gasteiger partial charge < -0.3 is 14.6 Å². The van der Waals surface area contributed by atoms with Gasteiger partial charge in [0.25, 0.3) is 0 Å². The summed E-state index contributed by atoms with van der Waals surface area (Å²) in [4.78, 5) is 21.1. The molecule has 0 aliphatic carbocycles. The molecule has 5 nitrogen and oxygen atoms in total. The Bertz CT molecular complexity index is 835. The number of H-pyrrole nitrogens is 1. The normalized spacial score (nSPS) is 10.7. The molecule has 0 fully saturated rings. The first-order valence-electron chi connectivity index (χ1n) is 7.39. The molecule has 1 aromatic carbocycles. The third kappa shape index (κ3) is 3.04. The number of ether oxygens (including phenoxy) is 1. The third-order valence-electron chi connectivity index (χ3n) is 3.88. The standard InChI is InChI=1S/C18H19N3O2/c1-21(2)17(22)9-14-11-20-18-16(14)8-13(10-19-18)12-4-6-15(23-3)7-5-12/h4-8,10-11H,9H2,1-3H3,(H,19,20). The van der Waals surface area contributed by atoms with Crippen molar-refractivity contribution in [3.05, 3.63) is 48.3 Å². The lowest BCUT2D eigenvalue weighted by molar-refractivity contribution is -0.127. The van der Waals surface area contributed by atoms with Crippen molar-refractivity contribution >= 4 is 16.9 Å². The maximum atomic E-state index is 12.0. The van der Waals surface area contributed by atoms with E-state index in [1.807, 2.05) is 36.7 Å². The minimum Gasteiger partial charge on any atom is -0.497 e. The summed E-state index contributed by atoms with van der Waals surface area (Å²) in [5.74, 6) is 0.891. The minimum atomic E-state index is 0.0701. The number of pyridine rings is 1. The third-order valence-corrected chi connectivity index (χ3v) is 3.88. The van der Waals surface area contributed by atoms with Crippen LogP contribution in [0, 0.1) is 0 Å². The maximum Gasteiger partial charge on any atom is 0.226 e. The SMILES string of the molecule is COc1ccc(-c2cnc3[nH]cc(CC(=O)N(C)C)c3c2)cc1. The van der Waals surface area contributed by atoms with E-state index in [1.165, 1.54) is 0 Å². The average molecular weight is 309 g/mol. The fourth-order valence-electron chi connectivity index (χ4n) is 2.47. The number of fused-ring (bicyclic) bond motifs is 1. The number of hydrogen-bond donors (Lipinski definition) is 1. The van der Waals surface area contributed by atoms with E-state index in [4.69, 9.17) is 4.74 Å². The predicted molar refractivity (Wildman–Crippen MR) is 90.5 cm³/mol. The Morgan fingerprint density at radius 3 is 2.61 bits per heavy atom. The number of rotatable bonds is 4. The van der Waals surface area contributed by atoms with Gasteiger partial charge in [-0.2, -0.15) is 0 Å². The van der Waals surface area contributed by atoms with Gasteiger partial charge in [-0.05, 0) is 29.3 Å². The zero-order valence-electron chi connectivity index (χ0n) is 13.5. The monoisotopic (exact) mass is 309 g/mol. The van der Waals surface area contributed by atoms with Crippen LogP contribution in [-0.4, -0.2) is 42.0 Å². The number of nitrogens with zero attached hydrogens (tertiary/aromatic N) is 2. The first kappa shape index (κ1) is 15.1. The van der Waals surface area contributed by atoms with Crippen LogP contribution in [0.5, 0.6) is 5.75 Å². The van der Waals surface area contributed by atoms with Crippen LogP contribution >= 0.6 is 0 Å². The van der Waals surface area contributed by atoms with Gasteiger partial charge in [0.15, 0.2) is 0 Å². The molecule has 0 aliphatic heterocycles. The van der Waals surface area contributed by atoms with Gasteiger partial charge in [0, 0.05) is 37.4 Å². The molecular formula is C18H19N3O2. The Kier molecular flexibility index (Phi) is 4.02. The second-order valence-electron chi connectivity index (χ2n) is 5.63. The van der Waals surface area contributed by atoms with Crippen LogP contribution in [0.15, 0.2) is 42.7 Å². The fraction of sp³-hybridized carbons (Fsp3) is 0.222. The Balaban J connectivity index is 1.98. The largest absolute Gasteiger partial charge is 0.497 e. The summed E-state index contributed by atoms with van der Waals surface area (Å²) in [6, 6.07) is 9.91. The van der Waals surface area contributed by atoms with Crippen LogP contribution in [0.25, 0.3) is 22.2 Å². The van der Waals surface area contributed by atoms with Crippen molar-refractivity contribution in [2.45, 2.75) is 6.42 Å². The topological polar surface area (TPSA) is 58.2 Å². The Morgan fingerprint density at radius 1 is 1.22 bits per heavy atom. The number of nitrogens with one attached hydrogen (secondary N) is 1. The van der Waals surface area contributed by atoms with E-state index >= 15 is 0 Å². The Labute approximate surface area is 134 Å². The van der Waals surface area contributed by atoms with E-state index in [2.05, 4.69) is 16.0 Å². The lowest BCUT2D eigenvalue weighted by Crippen LogP contribution is -2.23. The number of aromatic nitrogens is 2. The fourth-order valence-corrected chi connectivity index (χ4v) is 2.47. The molecule has 2 aromatic heterocycles. The summed E-state index contributed by atoms with van der Waals surface area (Å²) in [6.45, 7) is 0. The highest BCUT2D eigenvalue weighted by Gasteiger charge is 2.12. The lowest BCUT2D eigenvalue weighted by atomic mass is 10.0. The van der Waals surface area contributed by atoms with Crippen LogP contribution in [-0.2, 0) is 11.2 Å². The molecule has 0 radical (unpaired) electrons. The average Bonchev–Trinajstić information content (AvgIpc) is 2.97. The van der Waals surface area contributed by atoms with Crippen molar-refractivity contribution in [1.29, 1.82) is 0 Å². The summed E-state index contributed by atoms with van der Waals surface area (Å²) in [5.41, 5.74) is 3.83. The van der Waals surface area contributed by atoms with E-state index in [-0.39, 0.29) is 5.91 Å². The zero-order chi connectivity index (χ0) is 16.4. The molecule has 1 N–H and O–H groups in total. The molecule has 3 aromatic rings. The summed E-state index contributed by atoms with van der Waals surface area (Å²) >= 11 is 0. The zero-order valence-corrected chi connectivity index (χ0v) is 13.5. The smallest absolute Gasteiger partial charge is 0.226 e. The molecule has 0 spiro atoms. The van der Waals surface area contributed by atoms with Crippen LogP contribution in [0.3, 0.4) is 0 Å². The molecule has 0 saturated heterocycles. The predicted octanol–water partition coefficient (Wildman–Crippen LogP) is 2.87.